The van der Waals surface area contributed by atoms with Gasteiger partial charge in [-0.1, -0.05) is 24.3 Å². The van der Waals surface area contributed by atoms with E-state index in [0.29, 0.717) is 11.6 Å². The summed E-state index contributed by atoms with van der Waals surface area (Å²) in [6, 6.07) is 14.0. The summed E-state index contributed by atoms with van der Waals surface area (Å²) in [5, 5.41) is 12.5. The lowest BCUT2D eigenvalue weighted by atomic mass is 9.88. The monoisotopic (exact) mass is 345 g/mol. The van der Waals surface area contributed by atoms with E-state index in [4.69, 9.17) is 5.11 Å². The zero-order valence-electron chi connectivity index (χ0n) is 11.5. The third kappa shape index (κ3) is 3.10. The van der Waals surface area contributed by atoms with Crippen LogP contribution in [0.2, 0.25) is 0 Å². The Morgan fingerprint density at radius 1 is 1.19 bits per heavy atom. The van der Waals surface area contributed by atoms with Crippen LogP contribution in [0.15, 0.2) is 46.9 Å². The molecular weight excluding hydrogens is 330 g/mol. The maximum absolute atomic E-state index is 11.0. The maximum atomic E-state index is 11.0. The van der Waals surface area contributed by atoms with Crippen molar-refractivity contribution in [1.29, 1.82) is 0 Å². The Kier molecular flexibility index (Phi) is 3.97. The van der Waals surface area contributed by atoms with E-state index < -0.39 is 5.97 Å². The first-order chi connectivity index (χ1) is 10.1. The van der Waals surface area contributed by atoms with E-state index in [1.807, 2.05) is 6.07 Å². The molecule has 0 radical (unpaired) electrons. The molecule has 0 saturated carbocycles. The molecule has 0 fully saturated rings. The quantitative estimate of drug-likeness (QED) is 0.879. The van der Waals surface area contributed by atoms with Gasteiger partial charge in [-0.2, -0.15) is 0 Å². The first-order valence-electron chi connectivity index (χ1n) is 6.99. The molecule has 1 atom stereocenters. The van der Waals surface area contributed by atoms with E-state index in [1.54, 1.807) is 12.1 Å². The van der Waals surface area contributed by atoms with Crippen LogP contribution in [0.3, 0.4) is 0 Å². The number of aryl methyl sites for hydroxylation is 1. The molecule has 0 spiro atoms. The van der Waals surface area contributed by atoms with Crippen molar-refractivity contribution in [3.8, 4) is 0 Å². The summed E-state index contributed by atoms with van der Waals surface area (Å²) in [6.45, 7) is 0. The number of anilines is 1. The number of halogens is 1. The smallest absolute Gasteiger partial charge is 0.335 e. The molecule has 1 unspecified atom stereocenters. The largest absolute Gasteiger partial charge is 0.478 e. The molecule has 2 aromatic rings. The van der Waals surface area contributed by atoms with Crippen molar-refractivity contribution >= 4 is 27.6 Å². The summed E-state index contributed by atoms with van der Waals surface area (Å²) in [5.74, 6) is -0.908. The lowest BCUT2D eigenvalue weighted by Crippen LogP contribution is -2.27. The van der Waals surface area contributed by atoms with Gasteiger partial charge < -0.3 is 10.4 Å². The Morgan fingerprint density at radius 3 is 2.67 bits per heavy atom. The Labute approximate surface area is 132 Å². The van der Waals surface area contributed by atoms with Crippen LogP contribution in [-0.2, 0) is 12.8 Å². The third-order valence-electron chi connectivity index (χ3n) is 3.92. The summed E-state index contributed by atoms with van der Waals surface area (Å²) >= 11 is 3.45. The lowest BCUT2D eigenvalue weighted by molar-refractivity contribution is 0.0697. The van der Waals surface area contributed by atoms with Gasteiger partial charge in [0.05, 0.1) is 5.56 Å². The molecule has 1 aliphatic rings. The highest BCUT2D eigenvalue weighted by Gasteiger charge is 2.19. The SMILES string of the molecule is O=C(O)c1ccc(NC2CCc3ccccc3C2)c(Br)c1. The van der Waals surface area contributed by atoms with Gasteiger partial charge in [0.1, 0.15) is 0 Å². The minimum atomic E-state index is -0.908. The first-order valence-corrected chi connectivity index (χ1v) is 7.79. The van der Waals surface area contributed by atoms with Crippen molar-refractivity contribution in [1.82, 2.24) is 0 Å². The molecule has 1 aliphatic carbocycles. The van der Waals surface area contributed by atoms with Crippen LogP contribution in [0.5, 0.6) is 0 Å². The molecule has 0 amide bonds. The average molecular weight is 346 g/mol. The number of carboxylic acids is 1. The van der Waals surface area contributed by atoms with E-state index in [0.717, 1.165) is 29.4 Å². The van der Waals surface area contributed by atoms with Crippen molar-refractivity contribution in [2.75, 3.05) is 5.32 Å². The van der Waals surface area contributed by atoms with Crippen LogP contribution >= 0.6 is 15.9 Å². The van der Waals surface area contributed by atoms with Gasteiger partial charge in [0.15, 0.2) is 0 Å². The van der Waals surface area contributed by atoms with E-state index >= 15 is 0 Å². The zero-order valence-corrected chi connectivity index (χ0v) is 13.1. The van der Waals surface area contributed by atoms with Gasteiger partial charge in [0, 0.05) is 16.2 Å². The maximum Gasteiger partial charge on any atom is 0.335 e. The van der Waals surface area contributed by atoms with Gasteiger partial charge >= 0.3 is 5.97 Å². The Balaban J connectivity index is 1.75. The molecule has 108 valence electrons. The molecule has 3 nitrogen and oxygen atoms in total. The number of aromatic carboxylic acids is 1. The number of carbonyl (C=O) groups is 1. The number of fused-ring (bicyclic) bond motifs is 1. The molecular formula is C17H16BrNO2. The van der Waals surface area contributed by atoms with E-state index in [2.05, 4.69) is 45.5 Å². The second-order valence-corrected chi connectivity index (χ2v) is 6.21. The standard InChI is InChI=1S/C17H16BrNO2/c18-15-10-13(17(20)21)6-8-16(15)19-14-7-5-11-3-1-2-4-12(11)9-14/h1-4,6,8,10,14,19H,5,7,9H2,(H,20,21). The van der Waals surface area contributed by atoms with Crippen molar-refractivity contribution in [2.24, 2.45) is 0 Å². The normalized spacial score (nSPS) is 17.1. The van der Waals surface area contributed by atoms with Gasteiger partial charge in [0.25, 0.3) is 0 Å². The fraction of sp³-hybridized carbons (Fsp3) is 0.235. The van der Waals surface area contributed by atoms with E-state index in [-0.39, 0.29) is 0 Å². The molecule has 0 heterocycles. The molecule has 2 aromatic carbocycles. The molecule has 21 heavy (non-hydrogen) atoms. The van der Waals surface area contributed by atoms with Crippen LogP contribution < -0.4 is 5.32 Å². The van der Waals surface area contributed by atoms with Gasteiger partial charge in [-0.3, -0.25) is 0 Å². The summed E-state index contributed by atoms with van der Waals surface area (Å²) < 4.78 is 0.793. The highest BCUT2D eigenvalue weighted by atomic mass is 79.9. The van der Waals surface area contributed by atoms with Gasteiger partial charge in [-0.25, -0.2) is 4.79 Å². The second kappa shape index (κ2) is 5.90. The molecule has 2 N–H and O–H groups in total. The number of nitrogens with one attached hydrogen (secondary N) is 1. The molecule has 3 rings (SSSR count). The predicted molar refractivity (Wildman–Crippen MR) is 87.0 cm³/mol. The number of rotatable bonds is 3. The van der Waals surface area contributed by atoms with Crippen LogP contribution in [0.4, 0.5) is 5.69 Å². The van der Waals surface area contributed by atoms with E-state index in [1.165, 1.54) is 11.1 Å². The highest BCUT2D eigenvalue weighted by Crippen LogP contribution is 2.28. The van der Waals surface area contributed by atoms with Crippen LogP contribution in [0.1, 0.15) is 27.9 Å². The highest BCUT2D eigenvalue weighted by molar-refractivity contribution is 9.10. The molecule has 0 aromatic heterocycles. The lowest BCUT2D eigenvalue weighted by Gasteiger charge is -2.26. The Hall–Kier alpha value is -1.81. The van der Waals surface area contributed by atoms with Gasteiger partial charge in [-0.15, -0.1) is 0 Å². The molecule has 0 bridgehead atoms. The molecule has 4 heteroatoms. The Bertz CT molecular complexity index is 684. The summed E-state index contributed by atoms with van der Waals surface area (Å²) in [6.07, 6.45) is 3.17. The average Bonchev–Trinajstić information content (AvgIpc) is 2.49. The number of hydrogen-bond donors (Lipinski definition) is 2. The van der Waals surface area contributed by atoms with E-state index in [9.17, 15) is 4.79 Å². The van der Waals surface area contributed by atoms with Gasteiger partial charge in [0.2, 0.25) is 0 Å². The number of benzene rings is 2. The summed E-state index contributed by atoms with van der Waals surface area (Å²) in [4.78, 5) is 11.0. The fourth-order valence-corrected chi connectivity index (χ4v) is 3.30. The topological polar surface area (TPSA) is 49.3 Å². The van der Waals surface area contributed by atoms with Crippen molar-refractivity contribution in [2.45, 2.75) is 25.3 Å². The minimum Gasteiger partial charge on any atom is -0.478 e. The molecule has 0 saturated heterocycles. The number of hydrogen-bond acceptors (Lipinski definition) is 2. The number of carboxylic acid groups (broad SMARTS) is 1. The molecule has 0 aliphatic heterocycles. The van der Waals surface area contributed by atoms with Crippen LogP contribution in [0.25, 0.3) is 0 Å². The van der Waals surface area contributed by atoms with Crippen molar-refractivity contribution in [3.63, 3.8) is 0 Å². The Morgan fingerprint density at radius 2 is 1.95 bits per heavy atom. The predicted octanol–water partition coefficient (Wildman–Crippen LogP) is 4.12. The van der Waals surface area contributed by atoms with Crippen molar-refractivity contribution < 1.29 is 9.90 Å². The van der Waals surface area contributed by atoms with Crippen LogP contribution in [-0.4, -0.2) is 17.1 Å². The van der Waals surface area contributed by atoms with Crippen LogP contribution in [0, 0.1) is 0 Å². The minimum absolute atomic E-state index is 0.293. The second-order valence-electron chi connectivity index (χ2n) is 5.35. The zero-order chi connectivity index (χ0) is 14.8. The summed E-state index contributed by atoms with van der Waals surface area (Å²) in [7, 11) is 0. The third-order valence-corrected chi connectivity index (χ3v) is 4.58. The fourth-order valence-electron chi connectivity index (χ4n) is 2.81. The van der Waals surface area contributed by atoms with Gasteiger partial charge in [-0.05, 0) is 64.5 Å². The van der Waals surface area contributed by atoms with Crippen molar-refractivity contribution in [3.05, 3.63) is 63.6 Å². The summed E-state index contributed by atoms with van der Waals surface area (Å²) in [5.41, 5.74) is 4.08. The first kappa shape index (κ1) is 14.1.